The van der Waals surface area contributed by atoms with Crippen LogP contribution in [0.1, 0.15) is 75.3 Å². The number of piperidine rings is 2. The number of amides is 3. The minimum absolute atomic E-state index is 0.0782. The molecule has 59 heavy (non-hydrogen) atoms. The number of piperazine rings is 1. The number of imide groups is 1. The Morgan fingerprint density at radius 3 is 2.31 bits per heavy atom. The number of hydrogen-bond donors (Lipinski definition) is 1. The zero-order valence-corrected chi connectivity index (χ0v) is 34.6. The molecule has 1 aliphatic carbocycles. The molecule has 4 fully saturated rings. The summed E-state index contributed by atoms with van der Waals surface area (Å²) < 4.78 is 7.58. The van der Waals surface area contributed by atoms with E-state index in [-0.39, 0.29) is 23.8 Å². The summed E-state index contributed by atoms with van der Waals surface area (Å²) in [6.45, 7) is 14.1. The van der Waals surface area contributed by atoms with Crippen LogP contribution < -0.4 is 25.8 Å². The molecule has 0 radical (unpaired) electrons. The summed E-state index contributed by atoms with van der Waals surface area (Å²) in [5.74, 6) is 0.695. The molecule has 1 unspecified atom stereocenters. The van der Waals surface area contributed by atoms with Crippen LogP contribution in [-0.4, -0.2) is 105 Å². The predicted octanol–water partition coefficient (Wildman–Crippen LogP) is 4.42. The van der Waals surface area contributed by atoms with Gasteiger partial charge in [-0.25, -0.2) is 4.98 Å². The van der Waals surface area contributed by atoms with Crippen LogP contribution in [0.15, 0.2) is 59.5 Å². The van der Waals surface area contributed by atoms with Crippen molar-refractivity contribution in [2.24, 2.45) is 22.5 Å². The van der Waals surface area contributed by atoms with Crippen molar-refractivity contribution in [3.05, 3.63) is 81.2 Å². The number of benzene rings is 2. The van der Waals surface area contributed by atoms with Crippen LogP contribution in [0.3, 0.4) is 0 Å². The number of nitrogens with zero attached hydrogens (tertiary/aromatic N) is 9. The van der Waals surface area contributed by atoms with E-state index in [0.29, 0.717) is 33.7 Å². The molecular weight excluding hydrogens is 772 g/mol. The van der Waals surface area contributed by atoms with Crippen molar-refractivity contribution in [2.45, 2.75) is 71.6 Å². The fraction of sp³-hybridized carbons (Fsp3) is 0.488. The van der Waals surface area contributed by atoms with Gasteiger partial charge in [-0.2, -0.15) is 9.94 Å². The number of anilines is 2. The molecule has 3 amide bonds. The van der Waals surface area contributed by atoms with Crippen molar-refractivity contribution in [1.29, 1.82) is 5.26 Å². The molecule has 16 heteroatoms. The Bertz CT molecular complexity index is 2380. The summed E-state index contributed by atoms with van der Waals surface area (Å²) in [4.78, 5) is 66.4. The second-order valence-electron chi connectivity index (χ2n) is 17.5. The summed E-state index contributed by atoms with van der Waals surface area (Å²) >= 11 is 6.28. The Balaban J connectivity index is 0.915. The van der Waals surface area contributed by atoms with E-state index in [2.05, 4.69) is 30.0 Å². The van der Waals surface area contributed by atoms with Crippen molar-refractivity contribution in [3.8, 4) is 11.8 Å². The van der Waals surface area contributed by atoms with E-state index in [4.69, 9.17) is 22.1 Å². The average Bonchev–Trinajstić information content (AvgIpc) is 3.22. The molecule has 4 aliphatic rings. The van der Waals surface area contributed by atoms with Gasteiger partial charge in [0.2, 0.25) is 11.8 Å². The van der Waals surface area contributed by atoms with Crippen LogP contribution in [0.4, 0.5) is 11.5 Å². The zero-order valence-electron chi connectivity index (χ0n) is 33.8. The Hall–Kier alpha value is -5.59. The summed E-state index contributed by atoms with van der Waals surface area (Å²) in [5.41, 5.74) is 5.74. The number of carbonyl (C=O) groups excluding carboxylic acids is 3. The number of fused-ring (bicyclic) bond motifs is 1. The van der Waals surface area contributed by atoms with E-state index < -0.39 is 46.4 Å². The second-order valence-corrected chi connectivity index (χ2v) is 17.9. The number of likely N-dealkylation sites (tertiary alicyclic amines) is 1. The number of nitrogens with two attached hydrogens (primary N) is 1. The maximum Gasteiger partial charge on any atom is 0.278 e. The fourth-order valence-corrected chi connectivity index (χ4v) is 10.4. The lowest BCUT2D eigenvalue weighted by atomic mass is 9.48. The molecule has 2 aromatic heterocycles. The van der Waals surface area contributed by atoms with Gasteiger partial charge in [-0.1, -0.05) is 44.5 Å². The maximum atomic E-state index is 14.4. The summed E-state index contributed by atoms with van der Waals surface area (Å²) in [7, 11) is 0. The predicted molar refractivity (Wildman–Crippen MR) is 222 cm³/mol. The third-order valence-corrected chi connectivity index (χ3v) is 13.3. The highest BCUT2D eigenvalue weighted by molar-refractivity contribution is 6.31. The lowest BCUT2D eigenvalue weighted by molar-refractivity contribution is -0.216. The number of aromatic nitrogens is 4. The quantitative estimate of drug-likeness (QED) is 0.235. The van der Waals surface area contributed by atoms with Crippen molar-refractivity contribution in [3.63, 3.8) is 0 Å². The highest BCUT2D eigenvalue weighted by Crippen LogP contribution is 2.59. The first-order valence-corrected chi connectivity index (χ1v) is 20.6. The van der Waals surface area contributed by atoms with E-state index >= 15 is 0 Å². The van der Waals surface area contributed by atoms with Crippen molar-refractivity contribution >= 4 is 51.7 Å². The normalized spacial score (nSPS) is 23.5. The minimum atomic E-state index is -0.987. The molecule has 0 bridgehead atoms. The summed E-state index contributed by atoms with van der Waals surface area (Å²) in [5, 5.41) is 18.5. The molecule has 0 spiro atoms. The van der Waals surface area contributed by atoms with E-state index in [0.717, 1.165) is 74.8 Å². The highest BCUT2D eigenvalue weighted by Gasteiger charge is 2.68. The van der Waals surface area contributed by atoms with Crippen LogP contribution in [0.25, 0.3) is 10.9 Å². The van der Waals surface area contributed by atoms with Gasteiger partial charge in [0.25, 0.3) is 11.5 Å². The maximum absolute atomic E-state index is 14.4. The van der Waals surface area contributed by atoms with Gasteiger partial charge >= 0.3 is 0 Å². The number of hydrogen-bond acceptors (Lipinski definition) is 12. The van der Waals surface area contributed by atoms with Gasteiger partial charge in [-0.3, -0.25) is 29.0 Å². The smallest absolute Gasteiger partial charge is 0.278 e. The Morgan fingerprint density at radius 1 is 0.932 bits per heavy atom. The third kappa shape index (κ3) is 7.37. The molecule has 2 N–H and O–H groups in total. The van der Waals surface area contributed by atoms with Gasteiger partial charge < -0.3 is 20.3 Å². The minimum Gasteiger partial charge on any atom is -0.489 e. The van der Waals surface area contributed by atoms with Gasteiger partial charge in [-0.05, 0) is 67.6 Å². The Labute approximate surface area is 347 Å². The second kappa shape index (κ2) is 15.5. The molecule has 4 aromatic rings. The van der Waals surface area contributed by atoms with Crippen LogP contribution in [0.5, 0.6) is 5.75 Å². The van der Waals surface area contributed by atoms with Crippen LogP contribution >= 0.6 is 11.6 Å². The summed E-state index contributed by atoms with van der Waals surface area (Å²) in [6.07, 6.45) is 3.49. The largest absolute Gasteiger partial charge is 0.489 e. The Kier molecular flexibility index (Phi) is 10.6. The molecule has 308 valence electrons. The monoisotopic (exact) mass is 820 g/mol. The number of rotatable bonds is 9. The van der Waals surface area contributed by atoms with Gasteiger partial charge in [0.1, 0.15) is 35.3 Å². The number of ether oxygens (including phenoxy) is 1. The first kappa shape index (κ1) is 40.2. The van der Waals surface area contributed by atoms with Crippen LogP contribution in [-0.2, 0) is 9.59 Å². The van der Waals surface area contributed by atoms with Gasteiger partial charge in [0.05, 0.1) is 27.6 Å². The van der Waals surface area contributed by atoms with Gasteiger partial charge in [0.15, 0.2) is 0 Å². The fourth-order valence-electron chi connectivity index (χ4n) is 10.2. The van der Waals surface area contributed by atoms with E-state index in [9.17, 15) is 24.4 Å². The number of nitriles is 1. The molecule has 2 aromatic carbocycles. The van der Waals surface area contributed by atoms with E-state index in [1.165, 1.54) is 4.90 Å². The lowest BCUT2D eigenvalue weighted by Crippen LogP contribution is -2.77. The van der Waals surface area contributed by atoms with E-state index in [1.54, 1.807) is 36.5 Å². The molecular formula is C43H49ClN10O5. The number of carbonyl (C=O) groups is 3. The van der Waals surface area contributed by atoms with Gasteiger partial charge in [0, 0.05) is 81.0 Å². The molecule has 3 saturated heterocycles. The molecule has 15 nitrogen and oxygen atoms in total. The van der Waals surface area contributed by atoms with Crippen molar-refractivity contribution in [1.82, 2.24) is 29.8 Å². The van der Waals surface area contributed by atoms with Gasteiger partial charge in [-0.15, -0.1) is 5.10 Å². The molecule has 8 rings (SSSR count). The molecule has 1 saturated carbocycles. The lowest BCUT2D eigenvalue weighted by Gasteiger charge is -2.65. The van der Waals surface area contributed by atoms with Crippen LogP contribution in [0.2, 0.25) is 5.02 Å². The van der Waals surface area contributed by atoms with Crippen molar-refractivity contribution < 1.29 is 19.1 Å². The number of halogens is 1. The first-order valence-electron chi connectivity index (χ1n) is 20.3. The highest BCUT2D eigenvalue weighted by atomic mass is 35.5. The van der Waals surface area contributed by atoms with E-state index in [1.807, 2.05) is 52.0 Å². The average molecular weight is 821 g/mol. The van der Waals surface area contributed by atoms with Crippen LogP contribution in [0, 0.1) is 28.1 Å². The standard InChI is InChI=1S/C43H49ClN10O5/c1-42(2)40(43(3,4)41(42)59-30-8-5-27(23-45)32(44)22-30)53-36(55)12-10-34(39(53)58)54-38(57)31-21-29(7-9-33(31)48-49-54)51-19-17-50(18-20-51)25-26-13-15-52(16-14-26)35-11-6-28(24-47-35)37(46)56/h5-9,11,21-22,24,26,34,40-41H,10,12-20,25H2,1-4H3,(H2,46,56). The SMILES string of the molecule is CC1(C)C(Oc2ccc(C#N)c(Cl)c2)C(C)(C)C1N1C(=O)CCC(n2nnc3ccc(N4CCN(CC5CCN(c6ccc(C(N)=O)cn6)CC5)CC4)cc3c2=O)C1=O. The third-order valence-electron chi connectivity index (χ3n) is 12.9. The van der Waals surface area contributed by atoms with Crippen molar-refractivity contribution in [2.75, 3.05) is 55.6 Å². The zero-order chi connectivity index (χ0) is 41.8. The number of primary amides is 1. The molecule has 5 heterocycles. The molecule has 1 atom stereocenters. The topological polar surface area (TPSA) is 184 Å². The Morgan fingerprint density at radius 2 is 1.66 bits per heavy atom. The molecule has 3 aliphatic heterocycles. The summed E-state index contributed by atoms with van der Waals surface area (Å²) in [6, 6.07) is 14.6. The first-order chi connectivity index (χ1) is 28.2. The number of pyridine rings is 1.